The van der Waals surface area contributed by atoms with Gasteiger partial charge in [-0.25, -0.2) is 4.79 Å². The van der Waals surface area contributed by atoms with Gasteiger partial charge in [-0.2, -0.15) is 0 Å². The number of aromatic nitrogens is 1. The minimum Gasteiger partial charge on any atom is -0.481 e. The van der Waals surface area contributed by atoms with Gasteiger partial charge >= 0.3 is 5.97 Å². The molecule has 0 aliphatic carbocycles. The van der Waals surface area contributed by atoms with Gasteiger partial charge in [-0.3, -0.25) is 4.79 Å². The van der Waals surface area contributed by atoms with Crippen LogP contribution in [0.15, 0.2) is 36.5 Å². The van der Waals surface area contributed by atoms with Crippen LogP contribution in [0.3, 0.4) is 0 Å². The molecule has 0 aliphatic rings. The third-order valence-corrected chi connectivity index (χ3v) is 4.74. The van der Waals surface area contributed by atoms with Gasteiger partial charge in [0, 0.05) is 29.2 Å². The first-order valence-corrected chi connectivity index (χ1v) is 9.16. The fourth-order valence-electron chi connectivity index (χ4n) is 3.50. The van der Waals surface area contributed by atoms with E-state index in [-0.39, 0.29) is 5.91 Å². The van der Waals surface area contributed by atoms with Crippen molar-refractivity contribution in [2.24, 2.45) is 0 Å². The number of carboxylic acids is 1. The molecule has 0 saturated heterocycles. The Labute approximate surface area is 163 Å². The third-order valence-electron chi connectivity index (χ3n) is 4.74. The number of carboxylic acid groups (broad SMARTS) is 1. The quantitative estimate of drug-likeness (QED) is 0.585. The summed E-state index contributed by atoms with van der Waals surface area (Å²) in [5, 5.41) is 12.9. The molecule has 1 amide bonds. The number of ether oxygens (including phenoxy) is 1. The first-order chi connectivity index (χ1) is 13.4. The second kappa shape index (κ2) is 8.17. The Hall–Kier alpha value is -3.28. The van der Waals surface area contributed by atoms with Gasteiger partial charge in [0.15, 0.2) is 6.61 Å². The summed E-state index contributed by atoms with van der Waals surface area (Å²) in [6.07, 6.45) is 2.72. The second-order valence-corrected chi connectivity index (χ2v) is 6.94. The summed E-state index contributed by atoms with van der Waals surface area (Å²) in [5.41, 5.74) is 5.50. The fourth-order valence-corrected chi connectivity index (χ4v) is 3.50. The molecule has 0 unspecified atom stereocenters. The van der Waals surface area contributed by atoms with E-state index in [2.05, 4.69) is 23.3 Å². The zero-order valence-electron chi connectivity index (χ0n) is 16.3. The van der Waals surface area contributed by atoms with Crippen LogP contribution in [0.5, 0.6) is 5.75 Å². The van der Waals surface area contributed by atoms with Crippen molar-refractivity contribution in [1.82, 2.24) is 10.3 Å². The molecule has 0 atom stereocenters. The number of amides is 1. The number of rotatable bonds is 7. The van der Waals surface area contributed by atoms with Gasteiger partial charge in [-0.15, -0.1) is 0 Å². The lowest BCUT2D eigenvalue weighted by molar-refractivity contribution is -0.139. The second-order valence-electron chi connectivity index (χ2n) is 6.94. The molecule has 28 heavy (non-hydrogen) atoms. The van der Waals surface area contributed by atoms with Crippen molar-refractivity contribution in [1.29, 1.82) is 0 Å². The van der Waals surface area contributed by atoms with E-state index in [4.69, 9.17) is 9.84 Å². The number of nitrogens with one attached hydrogen (secondary N) is 2. The molecule has 0 spiro atoms. The number of carbonyl (C=O) groups is 2. The predicted molar refractivity (Wildman–Crippen MR) is 108 cm³/mol. The molecular weight excluding hydrogens is 356 g/mol. The van der Waals surface area contributed by atoms with Crippen molar-refractivity contribution in [3.8, 4) is 5.75 Å². The lowest BCUT2D eigenvalue weighted by Gasteiger charge is -2.13. The van der Waals surface area contributed by atoms with Gasteiger partial charge in [0.05, 0.1) is 0 Å². The molecule has 0 saturated carbocycles. The average Bonchev–Trinajstić information content (AvgIpc) is 3.05. The van der Waals surface area contributed by atoms with Crippen molar-refractivity contribution in [2.75, 3.05) is 13.2 Å². The lowest BCUT2D eigenvalue weighted by Crippen LogP contribution is -2.26. The van der Waals surface area contributed by atoms with E-state index < -0.39 is 12.6 Å². The highest BCUT2D eigenvalue weighted by atomic mass is 16.5. The van der Waals surface area contributed by atoms with Gasteiger partial charge < -0.3 is 20.1 Å². The predicted octanol–water partition coefficient (Wildman–Crippen LogP) is 3.53. The van der Waals surface area contributed by atoms with Crippen LogP contribution in [0.1, 0.15) is 32.6 Å². The van der Waals surface area contributed by atoms with E-state index >= 15 is 0 Å². The Morgan fingerprint density at radius 1 is 1.11 bits per heavy atom. The summed E-state index contributed by atoms with van der Waals surface area (Å²) < 4.78 is 5.31. The van der Waals surface area contributed by atoms with Crippen LogP contribution in [0, 0.1) is 20.8 Å². The van der Waals surface area contributed by atoms with Crippen LogP contribution in [0.4, 0.5) is 0 Å². The molecule has 6 nitrogen and oxygen atoms in total. The SMILES string of the molecule is Cc1cc(C(=O)NCCc2c[nH]c3cccc(C)c23)cc(C)c1OCC(=O)O. The van der Waals surface area contributed by atoms with Crippen molar-refractivity contribution < 1.29 is 19.4 Å². The van der Waals surface area contributed by atoms with Crippen LogP contribution in [-0.4, -0.2) is 35.1 Å². The van der Waals surface area contributed by atoms with Crippen LogP contribution >= 0.6 is 0 Å². The summed E-state index contributed by atoms with van der Waals surface area (Å²) in [6.45, 7) is 5.80. The molecule has 3 aromatic rings. The van der Waals surface area contributed by atoms with E-state index in [0.717, 1.165) is 23.1 Å². The molecule has 3 rings (SSSR count). The number of aliphatic carboxylic acids is 1. The summed E-state index contributed by atoms with van der Waals surface area (Å²) in [5.74, 6) is -0.686. The zero-order valence-corrected chi connectivity index (χ0v) is 16.3. The maximum Gasteiger partial charge on any atom is 0.341 e. The molecule has 0 radical (unpaired) electrons. The number of aryl methyl sites for hydroxylation is 3. The summed E-state index contributed by atoms with van der Waals surface area (Å²) >= 11 is 0. The molecule has 146 valence electrons. The van der Waals surface area contributed by atoms with Crippen LogP contribution in [0.2, 0.25) is 0 Å². The van der Waals surface area contributed by atoms with E-state index in [1.165, 1.54) is 16.5 Å². The van der Waals surface area contributed by atoms with E-state index in [0.29, 0.717) is 17.9 Å². The monoisotopic (exact) mass is 380 g/mol. The maximum absolute atomic E-state index is 12.5. The first kappa shape index (κ1) is 19.5. The van der Waals surface area contributed by atoms with Crippen molar-refractivity contribution in [3.05, 3.63) is 64.3 Å². The molecule has 1 heterocycles. The minimum absolute atomic E-state index is 0.160. The average molecular weight is 380 g/mol. The number of benzene rings is 2. The highest BCUT2D eigenvalue weighted by Crippen LogP contribution is 2.25. The topological polar surface area (TPSA) is 91.4 Å². The number of aromatic amines is 1. The van der Waals surface area contributed by atoms with E-state index in [9.17, 15) is 9.59 Å². The Morgan fingerprint density at radius 3 is 2.50 bits per heavy atom. The molecule has 1 aromatic heterocycles. The molecule has 0 bridgehead atoms. The molecule has 6 heteroatoms. The zero-order chi connectivity index (χ0) is 20.3. The van der Waals surface area contributed by atoms with Gasteiger partial charge in [0.25, 0.3) is 5.91 Å². The van der Waals surface area contributed by atoms with Gasteiger partial charge in [-0.05, 0) is 67.6 Å². The number of H-pyrrole nitrogens is 1. The molecule has 2 aromatic carbocycles. The lowest BCUT2D eigenvalue weighted by atomic mass is 10.0. The van der Waals surface area contributed by atoms with Crippen molar-refractivity contribution in [3.63, 3.8) is 0 Å². The highest BCUT2D eigenvalue weighted by molar-refractivity contribution is 5.95. The smallest absolute Gasteiger partial charge is 0.341 e. The van der Waals surface area contributed by atoms with Crippen molar-refractivity contribution in [2.45, 2.75) is 27.2 Å². The summed E-state index contributed by atoms with van der Waals surface area (Å²) in [6, 6.07) is 9.58. The summed E-state index contributed by atoms with van der Waals surface area (Å²) in [4.78, 5) is 26.5. The van der Waals surface area contributed by atoms with Crippen molar-refractivity contribution >= 4 is 22.8 Å². The van der Waals surface area contributed by atoms with Crippen LogP contribution < -0.4 is 10.1 Å². The molecule has 0 fully saturated rings. The van der Waals surface area contributed by atoms with Gasteiger partial charge in [-0.1, -0.05) is 12.1 Å². The Kier molecular flexibility index (Phi) is 5.68. The third kappa shape index (κ3) is 4.17. The number of fused-ring (bicyclic) bond motifs is 1. The normalized spacial score (nSPS) is 10.8. The van der Waals surface area contributed by atoms with Crippen LogP contribution in [-0.2, 0) is 11.2 Å². The minimum atomic E-state index is -1.03. The Balaban J connectivity index is 1.65. The molecule has 0 aliphatic heterocycles. The van der Waals surface area contributed by atoms with Crippen LogP contribution in [0.25, 0.3) is 10.9 Å². The highest BCUT2D eigenvalue weighted by Gasteiger charge is 2.13. The number of carbonyl (C=O) groups excluding carboxylic acids is 1. The number of hydrogen-bond acceptors (Lipinski definition) is 3. The Bertz CT molecular complexity index is 1010. The fraction of sp³-hybridized carbons (Fsp3) is 0.273. The maximum atomic E-state index is 12.5. The summed E-state index contributed by atoms with van der Waals surface area (Å²) in [7, 11) is 0. The molecular formula is C22H24N2O4. The standard InChI is InChI=1S/C22H24N2O4/c1-13-5-4-6-18-20(13)16(11-24-18)7-8-23-22(27)17-9-14(2)21(15(3)10-17)28-12-19(25)26/h4-6,9-11,24H,7-8,12H2,1-3H3,(H,23,27)(H,25,26). The van der Waals surface area contributed by atoms with Gasteiger partial charge in [0.1, 0.15) is 5.75 Å². The first-order valence-electron chi connectivity index (χ1n) is 9.16. The van der Waals surface area contributed by atoms with E-state index in [1.54, 1.807) is 26.0 Å². The Morgan fingerprint density at radius 2 is 1.82 bits per heavy atom. The molecule has 3 N–H and O–H groups in total. The largest absolute Gasteiger partial charge is 0.481 e. The number of hydrogen-bond donors (Lipinski definition) is 3. The van der Waals surface area contributed by atoms with E-state index in [1.807, 2.05) is 18.3 Å². The van der Waals surface area contributed by atoms with Gasteiger partial charge in [0.2, 0.25) is 0 Å².